The van der Waals surface area contributed by atoms with Crippen LogP contribution in [0.3, 0.4) is 0 Å². The van der Waals surface area contributed by atoms with Gasteiger partial charge in [0.2, 0.25) is 5.91 Å². The average Bonchev–Trinajstić information content (AvgIpc) is 2.85. The molecule has 0 aromatic carbocycles. The summed E-state index contributed by atoms with van der Waals surface area (Å²) in [6.45, 7) is 4.17. The number of H-pyrrole nitrogens is 1. The van der Waals surface area contributed by atoms with E-state index in [4.69, 9.17) is 5.73 Å². The van der Waals surface area contributed by atoms with E-state index in [0.717, 1.165) is 31.8 Å². The van der Waals surface area contributed by atoms with Crippen LogP contribution in [0.4, 0.5) is 0 Å². The summed E-state index contributed by atoms with van der Waals surface area (Å²) in [6, 6.07) is 0.214. The monoisotopic (exact) mass is 251 g/mol. The molecule has 0 radical (unpaired) electrons. The number of piperidine rings is 1. The van der Waals surface area contributed by atoms with Crippen molar-refractivity contribution in [3.8, 4) is 0 Å². The van der Waals surface area contributed by atoms with Gasteiger partial charge in [0.1, 0.15) is 5.82 Å². The van der Waals surface area contributed by atoms with Gasteiger partial charge in [-0.25, -0.2) is 4.98 Å². The molecular formula is C12H21N5O. The molecule has 2 heterocycles. The Morgan fingerprint density at radius 3 is 3.00 bits per heavy atom. The number of carbonyl (C=O) groups is 1. The summed E-state index contributed by atoms with van der Waals surface area (Å²) in [4.78, 5) is 21.1. The van der Waals surface area contributed by atoms with Crippen molar-refractivity contribution in [2.24, 2.45) is 5.73 Å². The van der Waals surface area contributed by atoms with E-state index in [1.54, 1.807) is 12.4 Å². The summed E-state index contributed by atoms with van der Waals surface area (Å²) in [7, 11) is 0. The first-order valence-electron chi connectivity index (χ1n) is 6.41. The molecule has 100 valence electrons. The van der Waals surface area contributed by atoms with Crippen molar-refractivity contribution in [2.45, 2.75) is 31.8 Å². The van der Waals surface area contributed by atoms with Crippen molar-refractivity contribution in [2.75, 3.05) is 19.6 Å². The number of aromatic amines is 1. The van der Waals surface area contributed by atoms with Crippen LogP contribution in [0.5, 0.6) is 0 Å². The van der Waals surface area contributed by atoms with Gasteiger partial charge in [0, 0.05) is 31.5 Å². The Kier molecular flexibility index (Phi) is 4.33. The molecule has 1 aliphatic heterocycles. The minimum absolute atomic E-state index is 0.0365. The van der Waals surface area contributed by atoms with Crippen LogP contribution in [-0.4, -0.2) is 46.5 Å². The fraction of sp³-hybridized carbons (Fsp3) is 0.667. The van der Waals surface area contributed by atoms with Crippen molar-refractivity contribution in [3.05, 3.63) is 18.2 Å². The molecule has 1 fully saturated rings. The fourth-order valence-electron chi connectivity index (χ4n) is 2.18. The number of amides is 1. The van der Waals surface area contributed by atoms with Crippen LogP contribution >= 0.6 is 0 Å². The van der Waals surface area contributed by atoms with Gasteiger partial charge in [-0.2, -0.15) is 0 Å². The summed E-state index contributed by atoms with van der Waals surface area (Å²) in [6.07, 6.45) is 5.38. The van der Waals surface area contributed by atoms with Gasteiger partial charge >= 0.3 is 0 Å². The number of nitrogens with one attached hydrogen (secondary N) is 2. The summed E-state index contributed by atoms with van der Waals surface area (Å²) in [5.74, 6) is 0.818. The van der Waals surface area contributed by atoms with E-state index in [1.165, 1.54) is 0 Å². The Hall–Kier alpha value is -1.40. The van der Waals surface area contributed by atoms with Crippen molar-refractivity contribution < 1.29 is 4.79 Å². The molecule has 6 heteroatoms. The molecule has 0 aliphatic carbocycles. The molecule has 4 N–H and O–H groups in total. The highest BCUT2D eigenvalue weighted by atomic mass is 16.2. The first-order valence-corrected chi connectivity index (χ1v) is 6.41. The first kappa shape index (κ1) is 13.0. The molecule has 1 aromatic rings. The highest BCUT2D eigenvalue weighted by molar-refractivity contribution is 5.78. The van der Waals surface area contributed by atoms with E-state index in [0.29, 0.717) is 12.6 Å². The second-order valence-electron chi connectivity index (χ2n) is 4.88. The zero-order chi connectivity index (χ0) is 13.0. The van der Waals surface area contributed by atoms with E-state index in [-0.39, 0.29) is 11.9 Å². The molecule has 0 spiro atoms. The van der Waals surface area contributed by atoms with Gasteiger partial charge < -0.3 is 16.0 Å². The Bertz CT molecular complexity index is 370. The number of likely N-dealkylation sites (tertiary alicyclic amines) is 1. The van der Waals surface area contributed by atoms with Gasteiger partial charge in [0.05, 0.1) is 12.6 Å². The third-order valence-electron chi connectivity index (χ3n) is 3.31. The van der Waals surface area contributed by atoms with Crippen LogP contribution in [0, 0.1) is 0 Å². The van der Waals surface area contributed by atoms with E-state index >= 15 is 0 Å². The molecule has 1 aromatic heterocycles. The average molecular weight is 251 g/mol. The standard InChI is InChI=1S/C12H21N5O/c1-9(12-14-4-5-15-12)16-11(18)8-17-6-2-10(13)3-7-17/h4-5,9-10H,2-3,6-8,13H2,1H3,(H,14,15)(H,16,18). The third kappa shape index (κ3) is 3.54. The van der Waals surface area contributed by atoms with Crippen molar-refractivity contribution in [1.29, 1.82) is 0 Å². The van der Waals surface area contributed by atoms with Crippen LogP contribution in [0.2, 0.25) is 0 Å². The normalized spacial score (nSPS) is 19.7. The van der Waals surface area contributed by atoms with Crippen molar-refractivity contribution >= 4 is 5.91 Å². The highest BCUT2D eigenvalue weighted by Crippen LogP contribution is 2.08. The van der Waals surface area contributed by atoms with Gasteiger partial charge in [-0.3, -0.25) is 9.69 Å². The SMILES string of the molecule is CC(NC(=O)CN1CCC(N)CC1)c1ncc[nH]1. The van der Waals surface area contributed by atoms with Crippen LogP contribution in [-0.2, 0) is 4.79 Å². The lowest BCUT2D eigenvalue weighted by Crippen LogP contribution is -2.45. The fourth-order valence-corrected chi connectivity index (χ4v) is 2.18. The van der Waals surface area contributed by atoms with Crippen molar-refractivity contribution in [1.82, 2.24) is 20.2 Å². The van der Waals surface area contributed by atoms with E-state index in [2.05, 4.69) is 20.2 Å². The van der Waals surface area contributed by atoms with E-state index in [1.807, 2.05) is 6.92 Å². The molecule has 2 rings (SSSR count). The smallest absolute Gasteiger partial charge is 0.234 e. The molecule has 0 saturated carbocycles. The number of hydrogen-bond donors (Lipinski definition) is 3. The van der Waals surface area contributed by atoms with Gasteiger partial charge in [-0.1, -0.05) is 0 Å². The second kappa shape index (κ2) is 5.97. The van der Waals surface area contributed by atoms with Crippen LogP contribution < -0.4 is 11.1 Å². The lowest BCUT2D eigenvalue weighted by molar-refractivity contribution is -0.123. The number of nitrogens with two attached hydrogens (primary N) is 1. The minimum atomic E-state index is -0.0838. The van der Waals surface area contributed by atoms with Crippen LogP contribution in [0.1, 0.15) is 31.6 Å². The van der Waals surface area contributed by atoms with Gasteiger partial charge in [-0.15, -0.1) is 0 Å². The maximum atomic E-state index is 11.9. The number of rotatable bonds is 4. The molecule has 0 bridgehead atoms. The second-order valence-corrected chi connectivity index (χ2v) is 4.88. The Balaban J connectivity index is 1.75. The Morgan fingerprint density at radius 2 is 2.39 bits per heavy atom. The third-order valence-corrected chi connectivity index (χ3v) is 3.31. The predicted octanol–water partition coefficient (Wildman–Crippen LogP) is 0.0100. The van der Waals surface area contributed by atoms with E-state index in [9.17, 15) is 4.79 Å². The minimum Gasteiger partial charge on any atom is -0.347 e. The summed E-state index contributed by atoms with van der Waals surface area (Å²) < 4.78 is 0. The molecule has 18 heavy (non-hydrogen) atoms. The van der Waals surface area contributed by atoms with Crippen LogP contribution in [0.15, 0.2) is 12.4 Å². The summed E-state index contributed by atoms with van der Waals surface area (Å²) in [5, 5.41) is 2.94. The lowest BCUT2D eigenvalue weighted by atomic mass is 10.1. The number of imidazole rings is 1. The maximum Gasteiger partial charge on any atom is 0.234 e. The quantitative estimate of drug-likeness (QED) is 0.703. The summed E-state index contributed by atoms with van der Waals surface area (Å²) in [5.41, 5.74) is 5.83. The highest BCUT2D eigenvalue weighted by Gasteiger charge is 2.19. The largest absolute Gasteiger partial charge is 0.347 e. The number of carbonyl (C=O) groups excluding carboxylic acids is 1. The molecule has 1 saturated heterocycles. The molecule has 1 aliphatic rings. The molecule has 1 unspecified atom stereocenters. The maximum absolute atomic E-state index is 11.9. The topological polar surface area (TPSA) is 87.0 Å². The van der Waals surface area contributed by atoms with Gasteiger partial charge in [0.25, 0.3) is 0 Å². The number of hydrogen-bond acceptors (Lipinski definition) is 4. The lowest BCUT2D eigenvalue weighted by Gasteiger charge is -2.29. The predicted molar refractivity (Wildman–Crippen MR) is 68.8 cm³/mol. The molecule has 1 atom stereocenters. The number of nitrogens with zero attached hydrogens (tertiary/aromatic N) is 2. The molecule has 6 nitrogen and oxygen atoms in total. The Labute approximate surface area is 107 Å². The zero-order valence-electron chi connectivity index (χ0n) is 10.7. The summed E-state index contributed by atoms with van der Waals surface area (Å²) >= 11 is 0. The molecular weight excluding hydrogens is 230 g/mol. The van der Waals surface area contributed by atoms with Gasteiger partial charge in [-0.05, 0) is 19.8 Å². The zero-order valence-corrected chi connectivity index (χ0v) is 10.7. The first-order chi connectivity index (χ1) is 8.65. The van der Waals surface area contributed by atoms with E-state index < -0.39 is 0 Å². The van der Waals surface area contributed by atoms with Gasteiger partial charge in [0.15, 0.2) is 0 Å². The number of aromatic nitrogens is 2. The molecule has 1 amide bonds. The van der Waals surface area contributed by atoms with Crippen LogP contribution in [0.25, 0.3) is 0 Å². The van der Waals surface area contributed by atoms with Crippen molar-refractivity contribution in [3.63, 3.8) is 0 Å². The Morgan fingerprint density at radius 1 is 1.67 bits per heavy atom.